The Morgan fingerprint density at radius 1 is 1.20 bits per heavy atom. The lowest BCUT2D eigenvalue weighted by atomic mass is 9.44. The highest BCUT2D eigenvalue weighted by molar-refractivity contribution is 5.97. The summed E-state index contributed by atoms with van der Waals surface area (Å²) in [7, 11) is 0. The molecule has 3 heterocycles. The monoisotopic (exact) mass is 626 g/mol. The fourth-order valence-electron chi connectivity index (χ4n) is 9.87. The lowest BCUT2D eigenvalue weighted by molar-refractivity contribution is -0.296. The molecule has 0 aromatic carbocycles. The predicted molar refractivity (Wildman–Crippen MR) is 155 cm³/mol. The van der Waals surface area contributed by atoms with Crippen LogP contribution in [0.2, 0.25) is 0 Å². The molecule has 45 heavy (non-hydrogen) atoms. The fourth-order valence-corrected chi connectivity index (χ4v) is 9.87. The van der Waals surface area contributed by atoms with Crippen LogP contribution >= 0.6 is 0 Å². The van der Waals surface area contributed by atoms with E-state index in [4.69, 9.17) is 23.4 Å². The van der Waals surface area contributed by atoms with Crippen LogP contribution < -0.4 is 0 Å². The number of carbonyl (C=O) groups excluding carboxylic acids is 5. The maximum atomic E-state index is 14.5. The molecule has 3 saturated carbocycles. The standard InChI is InChI=1S/C34H42O11/c1-7-17(2)27(39)30(40)44-29-28(43-16-35)26-18(3)34(23(37)11-21(33(29,34)6)19-8-9-41-14-19)45-24-10-20(36)13-31(4)15-42-25(38)12-22(31)32(24,26)5/h8-9,14,16-17,21-22,24,26-29,39H,3,7,10-13,15H2,1-2,4-6H3. The summed E-state index contributed by atoms with van der Waals surface area (Å²) < 4.78 is 30.1. The Bertz CT molecular complexity index is 1430. The molecule has 2 bridgehead atoms. The molecule has 1 spiro atoms. The van der Waals surface area contributed by atoms with Crippen LogP contribution in [0.1, 0.15) is 78.2 Å². The zero-order valence-electron chi connectivity index (χ0n) is 26.4. The van der Waals surface area contributed by atoms with Gasteiger partial charge in [0, 0.05) is 48.3 Å². The summed E-state index contributed by atoms with van der Waals surface area (Å²) in [5, 5.41) is 10.9. The molecular weight excluding hydrogens is 584 g/mol. The summed E-state index contributed by atoms with van der Waals surface area (Å²) >= 11 is 0. The van der Waals surface area contributed by atoms with Gasteiger partial charge in [0.05, 0.1) is 30.7 Å². The maximum Gasteiger partial charge on any atom is 0.335 e. The number of rotatable bonds is 7. The average molecular weight is 627 g/mol. The Balaban J connectivity index is 1.60. The minimum Gasteiger partial charge on any atom is -0.472 e. The third-order valence-corrected chi connectivity index (χ3v) is 12.4. The summed E-state index contributed by atoms with van der Waals surface area (Å²) in [6.45, 7) is 13.9. The second kappa shape index (κ2) is 10.6. The van der Waals surface area contributed by atoms with Gasteiger partial charge >= 0.3 is 11.9 Å². The Morgan fingerprint density at radius 3 is 2.58 bits per heavy atom. The van der Waals surface area contributed by atoms with Gasteiger partial charge in [-0.3, -0.25) is 19.2 Å². The van der Waals surface area contributed by atoms with E-state index in [0.717, 1.165) is 0 Å². The number of Topliss-reactive ketones (excluding diaryl/α,β-unsaturated/α-hetero) is 2. The molecule has 2 saturated heterocycles. The zero-order chi connectivity index (χ0) is 32.7. The van der Waals surface area contributed by atoms with Crippen molar-refractivity contribution in [3.05, 3.63) is 36.3 Å². The van der Waals surface area contributed by atoms with E-state index in [-0.39, 0.29) is 50.3 Å². The van der Waals surface area contributed by atoms with Crippen LogP contribution in [0.5, 0.6) is 0 Å². The Kier molecular flexibility index (Phi) is 7.47. The normalized spacial score (nSPS) is 43.6. The molecule has 244 valence electrons. The molecule has 1 N–H and O–H groups in total. The van der Waals surface area contributed by atoms with E-state index in [1.165, 1.54) is 12.5 Å². The molecule has 6 rings (SSSR count). The van der Waals surface area contributed by atoms with Gasteiger partial charge in [0.15, 0.2) is 17.5 Å². The number of ether oxygens (including phenoxy) is 4. The second-order valence-corrected chi connectivity index (χ2v) is 14.6. The molecule has 1 aromatic heterocycles. The molecule has 0 radical (unpaired) electrons. The fraction of sp³-hybridized carbons (Fsp3) is 0.676. The molecule has 2 aliphatic heterocycles. The van der Waals surface area contributed by atoms with Crippen molar-refractivity contribution in [1.82, 2.24) is 0 Å². The van der Waals surface area contributed by atoms with Crippen LogP contribution in [0, 0.1) is 34.0 Å². The smallest absolute Gasteiger partial charge is 0.335 e. The summed E-state index contributed by atoms with van der Waals surface area (Å²) in [5.41, 5.74) is -3.98. The van der Waals surface area contributed by atoms with E-state index < -0.39 is 81.9 Å². The molecule has 5 aliphatic rings. The lowest BCUT2D eigenvalue weighted by Crippen LogP contribution is -2.76. The molecule has 1 aromatic rings. The summed E-state index contributed by atoms with van der Waals surface area (Å²) in [4.78, 5) is 66.9. The van der Waals surface area contributed by atoms with Crippen LogP contribution in [0.4, 0.5) is 0 Å². The van der Waals surface area contributed by atoms with Crippen molar-refractivity contribution in [3.8, 4) is 0 Å². The van der Waals surface area contributed by atoms with Crippen molar-refractivity contribution in [3.63, 3.8) is 0 Å². The van der Waals surface area contributed by atoms with Gasteiger partial charge in [-0.2, -0.15) is 0 Å². The predicted octanol–water partition coefficient (Wildman–Crippen LogP) is 3.46. The number of cyclic esters (lactones) is 1. The molecule has 12 unspecified atom stereocenters. The van der Waals surface area contributed by atoms with Gasteiger partial charge in [0.1, 0.15) is 18.0 Å². The number of esters is 2. The number of hydrogen-bond donors (Lipinski definition) is 1. The first-order valence-corrected chi connectivity index (χ1v) is 15.8. The van der Waals surface area contributed by atoms with Gasteiger partial charge in [-0.05, 0) is 29.0 Å². The number of carbonyl (C=O) groups is 5. The van der Waals surface area contributed by atoms with Gasteiger partial charge in [0.25, 0.3) is 6.47 Å². The number of furan rings is 1. The van der Waals surface area contributed by atoms with E-state index in [1.807, 2.05) is 20.8 Å². The highest BCUT2D eigenvalue weighted by Crippen LogP contribution is 2.73. The first-order valence-electron chi connectivity index (χ1n) is 15.8. The third kappa shape index (κ3) is 4.11. The molecule has 11 heteroatoms. The third-order valence-electron chi connectivity index (χ3n) is 12.4. The van der Waals surface area contributed by atoms with Gasteiger partial charge in [0.2, 0.25) is 0 Å². The number of aliphatic hydroxyl groups is 1. The van der Waals surface area contributed by atoms with Crippen LogP contribution in [0.25, 0.3) is 0 Å². The highest BCUT2D eigenvalue weighted by Gasteiger charge is 2.81. The van der Waals surface area contributed by atoms with E-state index in [9.17, 15) is 29.1 Å². The van der Waals surface area contributed by atoms with E-state index >= 15 is 0 Å². The Hall–Kier alpha value is -3.31. The second-order valence-electron chi connectivity index (χ2n) is 14.6. The molecule has 12 atom stereocenters. The van der Waals surface area contributed by atoms with E-state index in [0.29, 0.717) is 17.6 Å². The van der Waals surface area contributed by atoms with E-state index in [1.54, 1.807) is 19.9 Å². The van der Waals surface area contributed by atoms with Crippen molar-refractivity contribution < 1.29 is 52.4 Å². The SMILES string of the molecule is C=C1C2C(OC=O)C(OC(=O)C(O)C(C)CC)C3(C)C(c4ccoc4)CC(=O)C13OC1CC(=O)CC3(C)COC(=O)CC3C12C. The Morgan fingerprint density at radius 2 is 1.93 bits per heavy atom. The largest absolute Gasteiger partial charge is 0.472 e. The molecule has 11 nitrogen and oxygen atoms in total. The number of hydrogen-bond acceptors (Lipinski definition) is 11. The molecular formula is C34H42O11. The van der Waals surface area contributed by atoms with Gasteiger partial charge in [-0.1, -0.05) is 47.6 Å². The minimum absolute atomic E-state index is 0.0207. The van der Waals surface area contributed by atoms with Crippen molar-refractivity contribution in [1.29, 1.82) is 0 Å². The number of fused-ring (bicyclic) bond motifs is 5. The van der Waals surface area contributed by atoms with Crippen molar-refractivity contribution >= 4 is 30.0 Å². The molecule has 0 amide bonds. The van der Waals surface area contributed by atoms with Gasteiger partial charge in [-0.15, -0.1) is 0 Å². The minimum atomic E-state index is -1.74. The van der Waals surface area contributed by atoms with Crippen LogP contribution in [-0.2, 0) is 42.9 Å². The summed E-state index contributed by atoms with van der Waals surface area (Å²) in [6, 6.07) is 1.72. The topological polar surface area (TPSA) is 156 Å². The van der Waals surface area contributed by atoms with Crippen molar-refractivity contribution in [2.75, 3.05) is 6.61 Å². The van der Waals surface area contributed by atoms with Crippen LogP contribution in [0.15, 0.2) is 35.2 Å². The van der Waals surface area contributed by atoms with Crippen LogP contribution in [-0.4, -0.2) is 71.7 Å². The number of aliphatic hydroxyl groups excluding tert-OH is 1. The number of ketones is 2. The first-order chi connectivity index (χ1) is 21.2. The lowest BCUT2D eigenvalue weighted by Gasteiger charge is -2.68. The molecule has 5 fully saturated rings. The zero-order valence-corrected chi connectivity index (χ0v) is 26.4. The van der Waals surface area contributed by atoms with E-state index in [2.05, 4.69) is 6.58 Å². The Labute approximate surface area is 262 Å². The summed E-state index contributed by atoms with van der Waals surface area (Å²) in [5.74, 6) is -4.15. The van der Waals surface area contributed by atoms with Crippen LogP contribution in [0.3, 0.4) is 0 Å². The maximum absolute atomic E-state index is 14.5. The summed E-state index contributed by atoms with van der Waals surface area (Å²) in [6.07, 6.45) is -1.26. The first kappa shape index (κ1) is 31.7. The molecule has 3 aliphatic carbocycles. The quantitative estimate of drug-likeness (QED) is 0.205. The highest BCUT2D eigenvalue weighted by atomic mass is 16.6. The van der Waals surface area contributed by atoms with Gasteiger partial charge < -0.3 is 28.5 Å². The average Bonchev–Trinajstić information content (AvgIpc) is 3.58. The van der Waals surface area contributed by atoms with Crippen molar-refractivity contribution in [2.24, 2.45) is 34.0 Å². The van der Waals surface area contributed by atoms with Crippen molar-refractivity contribution in [2.45, 2.75) is 103 Å². The van der Waals surface area contributed by atoms with Gasteiger partial charge in [-0.25, -0.2) is 4.79 Å².